The van der Waals surface area contributed by atoms with E-state index < -0.39 is 11.1 Å². The quantitative estimate of drug-likeness (QED) is 0.872. The van der Waals surface area contributed by atoms with Crippen LogP contribution in [-0.4, -0.2) is 20.8 Å². The van der Waals surface area contributed by atoms with Crippen LogP contribution in [0, 0.1) is 0 Å². The molecule has 1 aromatic heterocycles. The van der Waals surface area contributed by atoms with Gasteiger partial charge in [-0.1, -0.05) is 0 Å². The van der Waals surface area contributed by atoms with Crippen molar-refractivity contribution in [3.63, 3.8) is 0 Å². The highest BCUT2D eigenvalue weighted by Crippen LogP contribution is 2.41. The van der Waals surface area contributed by atoms with Gasteiger partial charge in [0, 0.05) is 19.2 Å². The smallest absolute Gasteiger partial charge is 0.425 e. The minimum atomic E-state index is -4.31. The predicted molar refractivity (Wildman–Crippen MR) is 86.5 cm³/mol. The molecular weight excluding hydrogens is 327 g/mol. The highest BCUT2D eigenvalue weighted by molar-refractivity contribution is 7.16. The lowest BCUT2D eigenvalue weighted by Crippen LogP contribution is -2.17. The molecule has 8 heteroatoms. The summed E-state index contributed by atoms with van der Waals surface area (Å²) >= 11 is 0.700. The van der Waals surface area contributed by atoms with Crippen LogP contribution in [0.15, 0.2) is 24.3 Å². The molecule has 0 atom stereocenters. The van der Waals surface area contributed by atoms with Gasteiger partial charge >= 0.3 is 6.18 Å². The van der Waals surface area contributed by atoms with Gasteiger partial charge in [0.2, 0.25) is 0 Å². The normalized spacial score (nSPS) is 13.7. The molecule has 0 amide bonds. The molecule has 2 aromatic rings. The van der Waals surface area contributed by atoms with Gasteiger partial charge in [0.1, 0.15) is 10.6 Å². The first-order valence-corrected chi connectivity index (χ1v) is 7.77. The van der Waals surface area contributed by atoms with Crippen LogP contribution in [0.4, 0.5) is 29.5 Å². The average molecular weight is 343 g/mol. The van der Waals surface area contributed by atoms with E-state index in [0.717, 1.165) is 23.0 Å². The summed E-state index contributed by atoms with van der Waals surface area (Å²) in [4.78, 5) is 1.44. The van der Waals surface area contributed by atoms with Crippen LogP contribution in [0.2, 0.25) is 0 Å². The molecule has 3 rings (SSSR count). The molecule has 0 saturated heterocycles. The first-order valence-electron chi connectivity index (χ1n) is 6.96. The third kappa shape index (κ3) is 3.03. The van der Waals surface area contributed by atoms with Crippen molar-refractivity contribution in [2.75, 3.05) is 36.4 Å². The molecule has 124 valence electrons. The molecule has 1 aliphatic heterocycles. The van der Waals surface area contributed by atoms with Gasteiger partial charge in [-0.05, 0) is 24.3 Å². The van der Waals surface area contributed by atoms with Crippen LogP contribution >= 0.6 is 11.3 Å². The number of fused-ring (bicyclic) bond motifs is 1. The zero-order chi connectivity index (χ0) is 16.6. The minimum Gasteiger partial charge on any atom is -0.496 e. The Bertz CT molecular complexity index is 714. The number of thiophene rings is 1. The third-order valence-electron chi connectivity index (χ3n) is 3.67. The third-order valence-corrected chi connectivity index (χ3v) is 4.76. The minimum absolute atomic E-state index is 0.385. The molecule has 0 fully saturated rings. The molecule has 0 radical (unpaired) electrons. The molecule has 1 aromatic carbocycles. The molecule has 0 spiro atoms. The SMILES string of the molecule is COc1ccc2c(c1CNc1ccc(C(F)(F)F)s1)N(C)CN2. The Hall–Kier alpha value is -2.09. The summed E-state index contributed by atoms with van der Waals surface area (Å²) in [6.45, 7) is 1.07. The number of alkyl halides is 3. The fourth-order valence-corrected chi connectivity index (χ4v) is 3.37. The Morgan fingerprint density at radius 2 is 2.09 bits per heavy atom. The van der Waals surface area contributed by atoms with Gasteiger partial charge in [0.15, 0.2) is 0 Å². The van der Waals surface area contributed by atoms with E-state index in [1.54, 1.807) is 7.11 Å². The molecule has 23 heavy (non-hydrogen) atoms. The number of halogens is 3. The monoisotopic (exact) mass is 343 g/mol. The Morgan fingerprint density at radius 1 is 1.30 bits per heavy atom. The van der Waals surface area contributed by atoms with Crippen molar-refractivity contribution in [1.29, 1.82) is 0 Å². The fraction of sp³-hybridized carbons (Fsp3) is 0.333. The fourth-order valence-electron chi connectivity index (χ4n) is 2.60. The second-order valence-electron chi connectivity index (χ2n) is 5.19. The molecular formula is C15H16F3N3OS. The molecule has 0 bridgehead atoms. The molecule has 2 heterocycles. The average Bonchev–Trinajstić information content (AvgIpc) is 3.12. The van der Waals surface area contributed by atoms with Crippen molar-refractivity contribution in [2.45, 2.75) is 12.7 Å². The van der Waals surface area contributed by atoms with Gasteiger partial charge in [0.25, 0.3) is 0 Å². The maximum atomic E-state index is 12.7. The summed E-state index contributed by atoms with van der Waals surface area (Å²) in [6.07, 6.45) is -4.31. The van der Waals surface area contributed by atoms with E-state index in [2.05, 4.69) is 10.6 Å². The largest absolute Gasteiger partial charge is 0.496 e. The lowest BCUT2D eigenvalue weighted by molar-refractivity contribution is -0.134. The van der Waals surface area contributed by atoms with E-state index >= 15 is 0 Å². The van der Waals surface area contributed by atoms with E-state index in [1.165, 1.54) is 6.07 Å². The van der Waals surface area contributed by atoms with Gasteiger partial charge < -0.3 is 20.3 Å². The maximum Gasteiger partial charge on any atom is 0.425 e. The first kappa shape index (κ1) is 15.8. The molecule has 1 aliphatic rings. The van der Waals surface area contributed by atoms with E-state index in [-0.39, 0.29) is 0 Å². The zero-order valence-electron chi connectivity index (χ0n) is 12.6. The van der Waals surface area contributed by atoms with Crippen LogP contribution in [0.1, 0.15) is 10.4 Å². The van der Waals surface area contributed by atoms with Crippen molar-refractivity contribution >= 4 is 27.7 Å². The molecule has 0 saturated carbocycles. The van der Waals surface area contributed by atoms with E-state index in [1.807, 2.05) is 24.1 Å². The number of hydrogen-bond donors (Lipinski definition) is 2. The van der Waals surface area contributed by atoms with E-state index in [9.17, 15) is 13.2 Å². The summed E-state index contributed by atoms with van der Waals surface area (Å²) in [6, 6.07) is 6.34. The van der Waals surface area contributed by atoms with Crippen molar-refractivity contribution in [3.05, 3.63) is 34.7 Å². The summed E-state index contributed by atoms with van der Waals surface area (Å²) < 4.78 is 43.4. The Morgan fingerprint density at radius 3 is 2.74 bits per heavy atom. The molecule has 0 unspecified atom stereocenters. The summed E-state index contributed by atoms with van der Waals surface area (Å²) in [5, 5.41) is 6.80. The molecule has 0 aliphatic carbocycles. The summed E-state index contributed by atoms with van der Waals surface area (Å²) in [5.41, 5.74) is 2.91. The lowest BCUT2D eigenvalue weighted by Gasteiger charge is -2.18. The number of benzene rings is 1. The second kappa shape index (κ2) is 5.84. The topological polar surface area (TPSA) is 36.5 Å². The van der Waals surface area contributed by atoms with Crippen molar-refractivity contribution in [1.82, 2.24) is 0 Å². The van der Waals surface area contributed by atoms with Gasteiger partial charge in [-0.25, -0.2) is 0 Å². The predicted octanol–water partition coefficient (Wildman–Crippen LogP) is 4.21. The van der Waals surface area contributed by atoms with Crippen LogP contribution in [-0.2, 0) is 12.7 Å². The highest BCUT2D eigenvalue weighted by atomic mass is 32.1. The number of anilines is 3. The number of ether oxygens (including phenoxy) is 1. The number of hydrogen-bond acceptors (Lipinski definition) is 5. The number of nitrogens with zero attached hydrogens (tertiary/aromatic N) is 1. The zero-order valence-corrected chi connectivity index (χ0v) is 13.4. The number of rotatable bonds is 4. The summed E-state index contributed by atoms with van der Waals surface area (Å²) in [5.74, 6) is 0.708. The Balaban J connectivity index is 1.83. The van der Waals surface area contributed by atoms with Gasteiger partial charge in [-0.3, -0.25) is 0 Å². The second-order valence-corrected chi connectivity index (χ2v) is 6.27. The molecule has 2 N–H and O–H groups in total. The number of methoxy groups -OCH3 is 1. The Kier molecular flexibility index (Phi) is 4.01. The lowest BCUT2D eigenvalue weighted by atomic mass is 10.1. The first-order chi connectivity index (χ1) is 10.9. The standard InChI is InChI=1S/C15H16F3N3OS/c1-21-8-20-10-3-4-11(22-2)9(14(10)21)7-19-13-6-5-12(23-13)15(16,17)18/h3-6,19-20H,7-8H2,1-2H3. The van der Waals surface area contributed by atoms with Gasteiger partial charge in [0.05, 0.1) is 30.2 Å². The van der Waals surface area contributed by atoms with Gasteiger partial charge in [-0.2, -0.15) is 13.2 Å². The van der Waals surface area contributed by atoms with E-state index in [0.29, 0.717) is 35.3 Å². The van der Waals surface area contributed by atoms with Crippen LogP contribution in [0.25, 0.3) is 0 Å². The summed E-state index contributed by atoms with van der Waals surface area (Å²) in [7, 11) is 3.54. The van der Waals surface area contributed by atoms with Crippen LogP contribution in [0.5, 0.6) is 5.75 Å². The van der Waals surface area contributed by atoms with Crippen molar-refractivity contribution < 1.29 is 17.9 Å². The van der Waals surface area contributed by atoms with E-state index in [4.69, 9.17) is 4.74 Å². The maximum absolute atomic E-state index is 12.7. The van der Waals surface area contributed by atoms with Crippen LogP contribution in [0.3, 0.4) is 0 Å². The molecule has 4 nitrogen and oxygen atoms in total. The van der Waals surface area contributed by atoms with Gasteiger partial charge in [-0.15, -0.1) is 11.3 Å². The highest BCUT2D eigenvalue weighted by Gasteiger charge is 2.32. The van der Waals surface area contributed by atoms with Crippen molar-refractivity contribution in [2.24, 2.45) is 0 Å². The number of nitrogens with one attached hydrogen (secondary N) is 2. The van der Waals surface area contributed by atoms with Crippen molar-refractivity contribution in [3.8, 4) is 5.75 Å². The van der Waals surface area contributed by atoms with Crippen LogP contribution < -0.4 is 20.3 Å². The Labute approximate surface area is 135 Å².